The van der Waals surface area contributed by atoms with E-state index in [-0.39, 0.29) is 5.91 Å². The number of rotatable bonds is 9. The molecule has 2 saturated heterocycles. The lowest BCUT2D eigenvalue weighted by atomic mass is 10.1. The van der Waals surface area contributed by atoms with Gasteiger partial charge in [-0.2, -0.15) is 0 Å². The number of nitrogens with one attached hydrogen (secondary N) is 1. The van der Waals surface area contributed by atoms with Crippen molar-refractivity contribution in [1.82, 2.24) is 15.1 Å². The van der Waals surface area contributed by atoms with Crippen LogP contribution in [0.5, 0.6) is 0 Å². The first-order valence-electron chi connectivity index (χ1n) is 12.2. The Balaban J connectivity index is 1.21. The third-order valence-corrected chi connectivity index (χ3v) is 7.29. The van der Waals surface area contributed by atoms with Crippen molar-refractivity contribution in [3.8, 4) is 0 Å². The number of benzene rings is 2. The molecule has 0 aromatic heterocycles. The Labute approximate surface area is 193 Å². The van der Waals surface area contributed by atoms with Crippen LogP contribution in [0.15, 0.2) is 60.7 Å². The third-order valence-electron chi connectivity index (χ3n) is 7.29. The molecule has 0 bridgehead atoms. The summed E-state index contributed by atoms with van der Waals surface area (Å²) in [6, 6.07) is 22.2. The number of likely N-dealkylation sites (N-methyl/N-ethyl adjacent to an activating group) is 1. The van der Waals surface area contributed by atoms with Crippen LogP contribution in [0.4, 0.5) is 5.69 Å². The molecule has 4 rings (SSSR count). The molecule has 3 atom stereocenters. The van der Waals surface area contributed by atoms with Gasteiger partial charge in [0.25, 0.3) is 0 Å². The smallest absolute Gasteiger partial charge is 0.234 e. The number of likely N-dealkylation sites (tertiary alicyclic amines) is 1. The summed E-state index contributed by atoms with van der Waals surface area (Å²) >= 11 is 0. The van der Waals surface area contributed by atoms with Crippen LogP contribution in [-0.4, -0.2) is 67.6 Å². The van der Waals surface area contributed by atoms with E-state index in [0.29, 0.717) is 24.5 Å². The van der Waals surface area contributed by atoms with Gasteiger partial charge in [0.15, 0.2) is 0 Å². The fourth-order valence-electron chi connectivity index (χ4n) is 5.23. The monoisotopic (exact) mass is 434 g/mol. The van der Waals surface area contributed by atoms with Crippen molar-refractivity contribution in [2.24, 2.45) is 5.92 Å². The van der Waals surface area contributed by atoms with Crippen molar-refractivity contribution in [1.29, 1.82) is 0 Å². The lowest BCUT2D eigenvalue weighted by molar-refractivity contribution is -0.122. The van der Waals surface area contributed by atoms with Crippen LogP contribution < -0.4 is 10.2 Å². The van der Waals surface area contributed by atoms with Gasteiger partial charge in [0.2, 0.25) is 5.91 Å². The maximum atomic E-state index is 12.7. The molecule has 0 saturated carbocycles. The molecule has 1 N–H and O–H groups in total. The zero-order valence-electron chi connectivity index (χ0n) is 19.6. The number of hydrogen-bond donors (Lipinski definition) is 1. The molecule has 0 aliphatic carbocycles. The van der Waals surface area contributed by atoms with Gasteiger partial charge < -0.3 is 10.2 Å². The number of amides is 1. The van der Waals surface area contributed by atoms with Crippen molar-refractivity contribution in [2.75, 3.05) is 50.7 Å². The normalized spacial score (nSPS) is 22.4. The van der Waals surface area contributed by atoms with E-state index in [1.165, 1.54) is 11.3 Å². The van der Waals surface area contributed by atoms with Gasteiger partial charge in [-0.1, -0.05) is 55.5 Å². The molecule has 2 fully saturated rings. The molecular weight excluding hydrogens is 396 g/mol. The first-order chi connectivity index (χ1) is 15.6. The quantitative estimate of drug-likeness (QED) is 0.652. The number of nitrogens with zero attached hydrogens (tertiary/aromatic N) is 3. The van der Waals surface area contributed by atoms with Crippen molar-refractivity contribution in [3.63, 3.8) is 0 Å². The average molecular weight is 435 g/mol. The highest BCUT2D eigenvalue weighted by Gasteiger charge is 2.31. The molecule has 5 heteroatoms. The highest BCUT2D eigenvalue weighted by molar-refractivity contribution is 5.78. The van der Waals surface area contributed by atoms with Crippen LogP contribution in [0.25, 0.3) is 0 Å². The Hall–Kier alpha value is -2.37. The summed E-state index contributed by atoms with van der Waals surface area (Å²) in [6.45, 7) is 10.9. The Morgan fingerprint density at radius 1 is 1.03 bits per heavy atom. The summed E-state index contributed by atoms with van der Waals surface area (Å²) in [6.07, 6.45) is 2.27. The van der Waals surface area contributed by atoms with Gasteiger partial charge in [-0.25, -0.2) is 0 Å². The summed E-state index contributed by atoms with van der Waals surface area (Å²) < 4.78 is 0. The van der Waals surface area contributed by atoms with Gasteiger partial charge >= 0.3 is 0 Å². The van der Waals surface area contributed by atoms with Crippen LogP contribution in [0.2, 0.25) is 0 Å². The molecule has 3 unspecified atom stereocenters. The Kier molecular flexibility index (Phi) is 7.82. The average Bonchev–Trinajstić information content (AvgIpc) is 3.52. The van der Waals surface area contributed by atoms with E-state index in [1.807, 2.05) is 0 Å². The standard InChI is InChI=1S/C27H38N4O/c1-3-29(26-15-17-30(20-26)22(2)24-10-6-4-7-11-24)21-27(32)28-18-23-14-16-31(19-23)25-12-8-5-9-13-25/h4-13,22-23,26H,3,14-21H2,1-2H3,(H,28,32). The fraction of sp³-hybridized carbons (Fsp3) is 0.519. The van der Waals surface area contributed by atoms with Crippen LogP contribution in [0, 0.1) is 5.92 Å². The second-order valence-electron chi connectivity index (χ2n) is 9.33. The first kappa shape index (κ1) is 22.8. The highest BCUT2D eigenvalue weighted by atomic mass is 16.2. The van der Waals surface area contributed by atoms with Crippen molar-refractivity contribution < 1.29 is 4.79 Å². The van der Waals surface area contributed by atoms with E-state index in [0.717, 1.165) is 52.1 Å². The lowest BCUT2D eigenvalue weighted by Gasteiger charge is -2.29. The molecule has 32 heavy (non-hydrogen) atoms. The highest BCUT2D eigenvalue weighted by Crippen LogP contribution is 2.27. The molecule has 2 aliphatic rings. The maximum absolute atomic E-state index is 12.7. The first-order valence-corrected chi connectivity index (χ1v) is 12.2. The SMILES string of the molecule is CCN(CC(=O)NCC1CCN(c2ccccc2)C1)C1CCN(C(C)c2ccccc2)C1. The molecule has 0 spiro atoms. The van der Waals surface area contributed by atoms with E-state index < -0.39 is 0 Å². The minimum atomic E-state index is 0.166. The number of para-hydroxylation sites is 1. The summed E-state index contributed by atoms with van der Waals surface area (Å²) in [7, 11) is 0. The zero-order valence-corrected chi connectivity index (χ0v) is 19.6. The topological polar surface area (TPSA) is 38.8 Å². The lowest BCUT2D eigenvalue weighted by Crippen LogP contribution is -2.45. The minimum absolute atomic E-state index is 0.166. The van der Waals surface area contributed by atoms with Gasteiger partial charge in [-0.15, -0.1) is 0 Å². The number of anilines is 1. The second-order valence-corrected chi connectivity index (χ2v) is 9.33. The molecule has 1 amide bonds. The number of hydrogen-bond acceptors (Lipinski definition) is 4. The summed E-state index contributed by atoms with van der Waals surface area (Å²) in [4.78, 5) is 20.1. The molecule has 2 heterocycles. The zero-order chi connectivity index (χ0) is 22.3. The summed E-state index contributed by atoms with van der Waals surface area (Å²) in [5.41, 5.74) is 2.66. The predicted molar refractivity (Wildman–Crippen MR) is 132 cm³/mol. The number of carbonyl (C=O) groups is 1. The van der Waals surface area contributed by atoms with Crippen molar-refractivity contribution in [2.45, 2.75) is 38.8 Å². The van der Waals surface area contributed by atoms with E-state index in [9.17, 15) is 4.79 Å². The molecule has 5 nitrogen and oxygen atoms in total. The van der Waals surface area contributed by atoms with Gasteiger partial charge in [0.1, 0.15) is 0 Å². The fourth-order valence-corrected chi connectivity index (χ4v) is 5.23. The van der Waals surface area contributed by atoms with Gasteiger partial charge in [-0.3, -0.25) is 14.6 Å². The summed E-state index contributed by atoms with van der Waals surface area (Å²) in [5, 5.41) is 3.22. The largest absolute Gasteiger partial charge is 0.371 e. The van der Waals surface area contributed by atoms with Crippen LogP contribution in [0.3, 0.4) is 0 Å². The van der Waals surface area contributed by atoms with Gasteiger partial charge in [0.05, 0.1) is 6.54 Å². The van der Waals surface area contributed by atoms with Gasteiger partial charge in [-0.05, 0) is 49.9 Å². The maximum Gasteiger partial charge on any atom is 0.234 e. The molecule has 2 aliphatic heterocycles. The summed E-state index contributed by atoms with van der Waals surface area (Å²) in [5.74, 6) is 0.697. The Morgan fingerprint density at radius 3 is 2.47 bits per heavy atom. The van der Waals surface area contributed by atoms with E-state index >= 15 is 0 Å². The van der Waals surface area contributed by atoms with Crippen LogP contribution in [0.1, 0.15) is 38.3 Å². The molecule has 172 valence electrons. The molecular formula is C27H38N4O. The predicted octanol–water partition coefficient (Wildman–Crippen LogP) is 3.79. The van der Waals surface area contributed by atoms with Crippen molar-refractivity contribution >= 4 is 11.6 Å². The van der Waals surface area contributed by atoms with E-state index in [2.05, 4.69) is 94.5 Å². The molecule has 0 radical (unpaired) electrons. The van der Waals surface area contributed by atoms with Crippen LogP contribution >= 0.6 is 0 Å². The van der Waals surface area contributed by atoms with Gasteiger partial charge in [0, 0.05) is 50.5 Å². The molecule has 2 aromatic carbocycles. The Morgan fingerprint density at radius 2 is 1.75 bits per heavy atom. The third kappa shape index (κ3) is 5.70. The van der Waals surface area contributed by atoms with E-state index in [4.69, 9.17) is 0 Å². The minimum Gasteiger partial charge on any atom is -0.371 e. The van der Waals surface area contributed by atoms with E-state index in [1.54, 1.807) is 0 Å². The Bertz CT molecular complexity index is 843. The number of carbonyl (C=O) groups excluding carboxylic acids is 1. The van der Waals surface area contributed by atoms with Crippen LogP contribution in [-0.2, 0) is 4.79 Å². The molecule has 2 aromatic rings. The second kappa shape index (κ2) is 11.0. The van der Waals surface area contributed by atoms with Crippen molar-refractivity contribution in [3.05, 3.63) is 66.2 Å².